The Morgan fingerprint density at radius 3 is 2.11 bits per heavy atom. The topological polar surface area (TPSA) is 123 Å². The van der Waals surface area contributed by atoms with Crippen LogP contribution in [0, 0.1) is 37.5 Å². The molecular weight excluding hydrogens is 837 g/mol. The summed E-state index contributed by atoms with van der Waals surface area (Å²) in [4.78, 5) is 22.8. The van der Waals surface area contributed by atoms with Crippen LogP contribution in [0.5, 0.6) is 0 Å². The van der Waals surface area contributed by atoms with E-state index in [1.807, 2.05) is 57.4 Å². The van der Waals surface area contributed by atoms with Gasteiger partial charge in [0.25, 0.3) is 0 Å². The normalized spacial score (nSPS) is 13.8. The van der Waals surface area contributed by atoms with Gasteiger partial charge in [0.05, 0.1) is 28.5 Å². The predicted molar refractivity (Wildman–Crippen MR) is 247 cm³/mol. The fourth-order valence-electron chi connectivity index (χ4n) is 8.20. The first-order chi connectivity index (χ1) is 31.4. The number of unbranched alkanes of at least 4 members (excludes halogenated alkanes) is 1. The molecule has 2 aliphatic heterocycles. The summed E-state index contributed by atoms with van der Waals surface area (Å²) >= 11 is 3.29. The van der Waals surface area contributed by atoms with Crippen LogP contribution in [0.2, 0.25) is 0 Å². The monoisotopic (exact) mass is 878 g/mol. The summed E-state index contributed by atoms with van der Waals surface area (Å²) in [7, 11) is 0. The van der Waals surface area contributed by atoms with E-state index >= 15 is 0 Å². The van der Waals surface area contributed by atoms with Gasteiger partial charge in [-0.1, -0.05) is 72.5 Å². The summed E-state index contributed by atoms with van der Waals surface area (Å²) in [6, 6.07) is 27.0. The molecule has 316 valence electrons. The fraction of sp³-hybridized carbons (Fsp3) is 0.235. The molecule has 64 heavy (non-hydrogen) atoms. The minimum Gasteiger partial charge on any atom is -0.369 e. The summed E-state index contributed by atoms with van der Waals surface area (Å²) in [5.41, 5.74) is 11.0. The number of hydrogen-bond acceptors (Lipinski definition) is 11. The van der Waals surface area contributed by atoms with Crippen molar-refractivity contribution in [2.24, 2.45) is 0 Å². The Hall–Kier alpha value is -6.87. The molecule has 8 heterocycles. The lowest BCUT2D eigenvalue weighted by Gasteiger charge is -2.09. The number of fused-ring (bicyclic) bond motifs is 6. The van der Waals surface area contributed by atoms with Crippen LogP contribution < -0.4 is 0 Å². The second-order valence-corrected chi connectivity index (χ2v) is 17.8. The molecule has 1 atom stereocenters. The second-order valence-electron chi connectivity index (χ2n) is 15.8. The number of aromatic nitrogens is 8. The molecule has 2 aliphatic rings. The molecule has 0 radical (unpaired) electrons. The highest BCUT2D eigenvalue weighted by Crippen LogP contribution is 2.40. The van der Waals surface area contributed by atoms with Crippen LogP contribution in [0.1, 0.15) is 109 Å². The van der Waals surface area contributed by atoms with E-state index in [0.29, 0.717) is 51.2 Å². The smallest absolute Gasteiger partial charge is 0.167 e. The molecule has 10 rings (SSSR count). The Morgan fingerprint density at radius 1 is 0.734 bits per heavy atom. The predicted octanol–water partition coefficient (Wildman–Crippen LogP) is 9.17. The van der Waals surface area contributed by atoms with Gasteiger partial charge in [-0.25, -0.2) is 4.98 Å². The van der Waals surface area contributed by atoms with Crippen molar-refractivity contribution >= 4 is 29.0 Å². The van der Waals surface area contributed by atoms with Gasteiger partial charge in [-0.3, -0.25) is 14.1 Å². The molecule has 0 amide bonds. The SMILES string of the molecule is Cc1nnc2n1-c1sc(C#Cc3cnc(CCCC=O)cc3-c3ccc(C#Cc4sc5c(c4Cc4ccccc4)CO[C@@H](C)c4nnc(C)n4-5)nc3)c(Cc3ccccc3)c1COC2. The molecule has 0 unspecified atom stereocenters. The Bertz CT molecular complexity index is 3140. The van der Waals surface area contributed by atoms with Crippen molar-refractivity contribution in [1.29, 1.82) is 0 Å². The van der Waals surface area contributed by atoms with Crippen LogP contribution in [0.25, 0.3) is 21.1 Å². The van der Waals surface area contributed by atoms with Crippen LogP contribution in [-0.4, -0.2) is 45.8 Å². The molecule has 0 N–H and O–H groups in total. The van der Waals surface area contributed by atoms with Gasteiger partial charge in [0.2, 0.25) is 0 Å². The summed E-state index contributed by atoms with van der Waals surface area (Å²) in [5, 5.41) is 19.7. The number of nitrogens with zero attached hydrogens (tertiary/aromatic N) is 8. The third-order valence-electron chi connectivity index (χ3n) is 11.5. The lowest BCUT2D eigenvalue weighted by Crippen LogP contribution is -2.04. The minimum absolute atomic E-state index is 0.187. The van der Waals surface area contributed by atoms with Crippen molar-refractivity contribution in [3.05, 3.63) is 175 Å². The van der Waals surface area contributed by atoms with Crippen molar-refractivity contribution in [2.75, 3.05) is 0 Å². The van der Waals surface area contributed by atoms with Crippen LogP contribution in [-0.2, 0) is 53.4 Å². The molecule has 0 saturated heterocycles. The Kier molecular flexibility index (Phi) is 11.6. The van der Waals surface area contributed by atoms with E-state index in [9.17, 15) is 4.79 Å². The van der Waals surface area contributed by atoms with E-state index in [4.69, 9.17) is 19.4 Å². The van der Waals surface area contributed by atoms with E-state index < -0.39 is 0 Å². The molecule has 0 aliphatic carbocycles. The molecule has 0 saturated carbocycles. The number of ether oxygens (including phenoxy) is 2. The molecule has 8 aromatic rings. The van der Waals surface area contributed by atoms with Crippen LogP contribution >= 0.6 is 22.7 Å². The third-order valence-corrected chi connectivity index (χ3v) is 13.9. The number of aldehydes is 1. The highest BCUT2D eigenvalue weighted by atomic mass is 32.1. The molecule has 6 aromatic heterocycles. The zero-order valence-corrected chi connectivity index (χ0v) is 37.2. The van der Waals surface area contributed by atoms with Gasteiger partial charge in [-0.05, 0) is 98.7 Å². The van der Waals surface area contributed by atoms with Crippen molar-refractivity contribution in [2.45, 2.75) is 78.8 Å². The van der Waals surface area contributed by atoms with Crippen molar-refractivity contribution in [3.8, 4) is 44.8 Å². The molecular formula is C51H42N8O3S2. The van der Waals surface area contributed by atoms with E-state index in [1.54, 1.807) is 22.7 Å². The average molecular weight is 879 g/mol. The van der Waals surface area contributed by atoms with Gasteiger partial charge in [0.1, 0.15) is 46.3 Å². The van der Waals surface area contributed by atoms with Crippen LogP contribution in [0.4, 0.5) is 0 Å². The maximum atomic E-state index is 11.2. The highest BCUT2D eigenvalue weighted by Gasteiger charge is 2.29. The van der Waals surface area contributed by atoms with Gasteiger partial charge >= 0.3 is 0 Å². The van der Waals surface area contributed by atoms with Gasteiger partial charge in [0, 0.05) is 46.8 Å². The number of carbonyl (C=O) groups excluding carboxylic acids is 1. The van der Waals surface area contributed by atoms with Crippen LogP contribution in [0.3, 0.4) is 0 Å². The first kappa shape index (κ1) is 41.2. The molecule has 0 fully saturated rings. The molecule has 2 aromatic carbocycles. The first-order valence-electron chi connectivity index (χ1n) is 21.2. The fourth-order valence-corrected chi connectivity index (χ4v) is 10.7. The molecule has 0 bridgehead atoms. The summed E-state index contributed by atoms with van der Waals surface area (Å²) < 4.78 is 16.7. The Labute approximate surface area is 379 Å². The van der Waals surface area contributed by atoms with E-state index in [-0.39, 0.29) is 6.10 Å². The Morgan fingerprint density at radius 2 is 1.41 bits per heavy atom. The number of aryl methyl sites for hydroxylation is 3. The van der Waals surface area contributed by atoms with Gasteiger partial charge in [-0.15, -0.1) is 43.1 Å². The average Bonchev–Trinajstić information content (AvgIpc) is 4.02. The summed E-state index contributed by atoms with van der Waals surface area (Å²) in [6.45, 7) is 7.28. The third kappa shape index (κ3) is 8.23. The number of benzene rings is 2. The quantitative estimate of drug-likeness (QED) is 0.0794. The van der Waals surface area contributed by atoms with Crippen molar-refractivity contribution in [1.82, 2.24) is 39.5 Å². The molecule has 0 spiro atoms. The number of thiophene rings is 2. The maximum Gasteiger partial charge on any atom is 0.167 e. The first-order valence-corrected chi connectivity index (χ1v) is 22.9. The molecule has 13 heteroatoms. The Balaban J connectivity index is 1.02. The lowest BCUT2D eigenvalue weighted by atomic mass is 9.99. The second kappa shape index (κ2) is 18.1. The van der Waals surface area contributed by atoms with E-state index in [0.717, 1.165) is 100 Å². The van der Waals surface area contributed by atoms with Gasteiger partial charge < -0.3 is 14.3 Å². The van der Waals surface area contributed by atoms with Gasteiger partial charge in [-0.2, -0.15) is 0 Å². The zero-order valence-electron chi connectivity index (χ0n) is 35.6. The lowest BCUT2D eigenvalue weighted by molar-refractivity contribution is -0.107. The largest absolute Gasteiger partial charge is 0.369 e. The maximum absolute atomic E-state index is 11.2. The zero-order chi connectivity index (χ0) is 43.6. The minimum atomic E-state index is -0.187. The van der Waals surface area contributed by atoms with E-state index in [2.05, 4.69) is 108 Å². The number of pyridine rings is 2. The van der Waals surface area contributed by atoms with Crippen LogP contribution in [0.15, 0.2) is 91.3 Å². The van der Waals surface area contributed by atoms with Crippen molar-refractivity contribution < 1.29 is 14.3 Å². The number of carbonyl (C=O) groups is 1. The standard InChI is InChI=1S/C51H42N8O3S2/c1-32-49-57-55-34(3)59(49)51-45(30-62-32)43(25-36-14-8-5-9-15-36)47(64-51)22-20-39-19-17-37(27-52-39)41-26-40(16-10-11-23-60)53-28-38(41)18-21-46-42(24-35-12-6-4-7-13-35)44-29-61-31-48-56-54-33(2)58(48)50(44)63-46/h4-9,12-15,17,19,23,26-28,32H,10-11,16,24-25,29-31H2,1-3H3/t32-/m0/s1. The summed E-state index contributed by atoms with van der Waals surface area (Å²) in [5.74, 6) is 17.2. The number of hydrogen-bond donors (Lipinski definition) is 0. The van der Waals surface area contributed by atoms with E-state index in [1.165, 1.54) is 11.1 Å². The van der Waals surface area contributed by atoms with Crippen molar-refractivity contribution in [3.63, 3.8) is 0 Å². The van der Waals surface area contributed by atoms with Gasteiger partial charge in [0.15, 0.2) is 11.6 Å². The highest BCUT2D eigenvalue weighted by molar-refractivity contribution is 7.15. The number of rotatable bonds is 9. The summed E-state index contributed by atoms with van der Waals surface area (Å²) in [6.07, 6.45) is 7.76. The molecule has 11 nitrogen and oxygen atoms in total.